The molecule has 2 nitrogen and oxygen atoms in total. The van der Waals surface area contributed by atoms with Crippen molar-refractivity contribution in [2.45, 2.75) is 45.4 Å². The Kier molecular flexibility index (Phi) is 5.88. The summed E-state index contributed by atoms with van der Waals surface area (Å²) in [6.45, 7) is 4.48. The molecule has 0 aliphatic rings. The van der Waals surface area contributed by atoms with Crippen molar-refractivity contribution in [1.82, 2.24) is 0 Å². The van der Waals surface area contributed by atoms with Crippen LogP contribution in [-0.2, 0) is 0 Å². The number of benzene rings is 1. The smallest absolute Gasteiger partial charge is 0.126 e. The van der Waals surface area contributed by atoms with Crippen LogP contribution in [0.1, 0.15) is 51.0 Å². The Labute approximate surface area is 105 Å². The SMILES string of the molecule is CCCCCC(C)c1c(OC)cccc1OC. The van der Waals surface area contributed by atoms with Gasteiger partial charge in [0.1, 0.15) is 11.5 Å². The van der Waals surface area contributed by atoms with Crippen molar-refractivity contribution in [3.8, 4) is 11.5 Å². The van der Waals surface area contributed by atoms with Gasteiger partial charge >= 0.3 is 0 Å². The molecule has 0 saturated heterocycles. The van der Waals surface area contributed by atoms with Crippen LogP contribution >= 0.6 is 0 Å². The lowest BCUT2D eigenvalue weighted by molar-refractivity contribution is 0.377. The Hall–Kier alpha value is -1.18. The molecule has 17 heavy (non-hydrogen) atoms. The van der Waals surface area contributed by atoms with Crippen molar-refractivity contribution in [3.05, 3.63) is 23.8 Å². The van der Waals surface area contributed by atoms with Gasteiger partial charge < -0.3 is 9.47 Å². The monoisotopic (exact) mass is 236 g/mol. The van der Waals surface area contributed by atoms with Gasteiger partial charge in [0, 0.05) is 5.56 Å². The molecule has 0 heterocycles. The second-order valence-electron chi connectivity index (χ2n) is 4.47. The highest BCUT2D eigenvalue weighted by atomic mass is 16.5. The summed E-state index contributed by atoms with van der Waals surface area (Å²) in [5.74, 6) is 2.36. The van der Waals surface area contributed by atoms with E-state index >= 15 is 0 Å². The third-order valence-electron chi connectivity index (χ3n) is 3.20. The number of rotatable bonds is 7. The summed E-state index contributed by atoms with van der Waals surface area (Å²) in [5, 5.41) is 0. The maximum Gasteiger partial charge on any atom is 0.126 e. The Morgan fingerprint density at radius 2 is 1.65 bits per heavy atom. The van der Waals surface area contributed by atoms with E-state index in [1.54, 1.807) is 14.2 Å². The van der Waals surface area contributed by atoms with Crippen LogP contribution in [0.5, 0.6) is 11.5 Å². The molecule has 1 rings (SSSR count). The standard InChI is InChI=1S/C15H24O2/c1-5-6-7-9-12(2)15-13(16-3)10-8-11-14(15)17-4/h8,10-12H,5-7,9H2,1-4H3. The van der Waals surface area contributed by atoms with Crippen LogP contribution in [0.2, 0.25) is 0 Å². The molecule has 2 heteroatoms. The summed E-state index contributed by atoms with van der Waals surface area (Å²) in [6, 6.07) is 5.99. The van der Waals surface area contributed by atoms with Crippen molar-refractivity contribution in [3.63, 3.8) is 0 Å². The highest BCUT2D eigenvalue weighted by Gasteiger charge is 2.16. The quantitative estimate of drug-likeness (QED) is 0.654. The summed E-state index contributed by atoms with van der Waals surface area (Å²) < 4.78 is 10.9. The fraction of sp³-hybridized carbons (Fsp3) is 0.600. The Morgan fingerprint density at radius 3 is 2.12 bits per heavy atom. The summed E-state index contributed by atoms with van der Waals surface area (Å²) in [5.41, 5.74) is 1.20. The van der Waals surface area contributed by atoms with E-state index in [4.69, 9.17) is 9.47 Å². The van der Waals surface area contributed by atoms with Gasteiger partial charge in [-0.25, -0.2) is 0 Å². The van der Waals surface area contributed by atoms with Crippen LogP contribution in [0.3, 0.4) is 0 Å². The first-order valence-electron chi connectivity index (χ1n) is 6.45. The molecule has 0 amide bonds. The lowest BCUT2D eigenvalue weighted by Gasteiger charge is -2.18. The van der Waals surface area contributed by atoms with Gasteiger partial charge in [0.25, 0.3) is 0 Å². The third-order valence-corrected chi connectivity index (χ3v) is 3.20. The van der Waals surface area contributed by atoms with Crippen LogP contribution in [0.4, 0.5) is 0 Å². The van der Waals surface area contributed by atoms with Crippen molar-refractivity contribution in [1.29, 1.82) is 0 Å². The first kappa shape index (κ1) is 13.9. The Balaban J connectivity index is 2.85. The number of hydrogen-bond acceptors (Lipinski definition) is 2. The minimum atomic E-state index is 0.479. The Morgan fingerprint density at radius 1 is 1.06 bits per heavy atom. The summed E-state index contributed by atoms with van der Waals surface area (Å²) in [4.78, 5) is 0. The minimum Gasteiger partial charge on any atom is -0.496 e. The molecule has 0 fully saturated rings. The van der Waals surface area contributed by atoms with Crippen LogP contribution in [0.25, 0.3) is 0 Å². The lowest BCUT2D eigenvalue weighted by atomic mass is 9.93. The third kappa shape index (κ3) is 3.65. The zero-order valence-corrected chi connectivity index (χ0v) is 11.5. The molecule has 1 unspecified atom stereocenters. The van der Waals surface area contributed by atoms with E-state index in [0.29, 0.717) is 5.92 Å². The van der Waals surface area contributed by atoms with Crippen molar-refractivity contribution in [2.75, 3.05) is 14.2 Å². The van der Waals surface area contributed by atoms with E-state index < -0.39 is 0 Å². The van der Waals surface area contributed by atoms with Crippen molar-refractivity contribution < 1.29 is 9.47 Å². The van der Waals surface area contributed by atoms with E-state index in [0.717, 1.165) is 11.5 Å². The van der Waals surface area contributed by atoms with Crippen molar-refractivity contribution in [2.24, 2.45) is 0 Å². The van der Waals surface area contributed by atoms with E-state index in [-0.39, 0.29) is 0 Å². The second-order valence-corrected chi connectivity index (χ2v) is 4.47. The number of methoxy groups -OCH3 is 2. The van der Waals surface area contributed by atoms with E-state index in [9.17, 15) is 0 Å². The van der Waals surface area contributed by atoms with Gasteiger partial charge in [-0.2, -0.15) is 0 Å². The fourth-order valence-corrected chi connectivity index (χ4v) is 2.21. The Bertz CT molecular complexity index is 311. The highest BCUT2D eigenvalue weighted by molar-refractivity contribution is 5.46. The second kappa shape index (κ2) is 7.21. The van der Waals surface area contributed by atoms with Gasteiger partial charge in [-0.3, -0.25) is 0 Å². The summed E-state index contributed by atoms with van der Waals surface area (Å²) in [6.07, 6.45) is 5.00. The summed E-state index contributed by atoms with van der Waals surface area (Å²) >= 11 is 0. The normalized spacial score (nSPS) is 12.2. The van der Waals surface area contributed by atoms with Gasteiger partial charge in [-0.1, -0.05) is 39.2 Å². The predicted octanol–water partition coefficient (Wildman–Crippen LogP) is 4.39. The molecular formula is C15H24O2. The molecule has 0 bridgehead atoms. The van der Waals surface area contributed by atoms with Crippen molar-refractivity contribution >= 4 is 0 Å². The zero-order valence-electron chi connectivity index (χ0n) is 11.5. The molecule has 1 aromatic rings. The van der Waals surface area contributed by atoms with Gasteiger partial charge in [-0.15, -0.1) is 0 Å². The zero-order chi connectivity index (χ0) is 12.7. The van der Waals surface area contributed by atoms with Gasteiger partial charge in [0.2, 0.25) is 0 Å². The predicted molar refractivity (Wildman–Crippen MR) is 72.1 cm³/mol. The average Bonchev–Trinajstić information content (AvgIpc) is 2.37. The molecule has 96 valence electrons. The van der Waals surface area contributed by atoms with Crippen LogP contribution < -0.4 is 9.47 Å². The molecule has 0 N–H and O–H groups in total. The molecule has 0 saturated carbocycles. The highest BCUT2D eigenvalue weighted by Crippen LogP contribution is 2.37. The van der Waals surface area contributed by atoms with Gasteiger partial charge in [0.15, 0.2) is 0 Å². The fourth-order valence-electron chi connectivity index (χ4n) is 2.21. The molecule has 0 spiro atoms. The van der Waals surface area contributed by atoms with Crippen LogP contribution in [0, 0.1) is 0 Å². The van der Waals surface area contributed by atoms with E-state index in [2.05, 4.69) is 13.8 Å². The van der Waals surface area contributed by atoms with Gasteiger partial charge in [0.05, 0.1) is 14.2 Å². The average molecular weight is 236 g/mol. The van der Waals surface area contributed by atoms with Crippen LogP contribution in [-0.4, -0.2) is 14.2 Å². The molecule has 1 aromatic carbocycles. The molecule has 1 atom stereocenters. The summed E-state index contributed by atoms with van der Waals surface area (Å²) in [7, 11) is 3.44. The molecule has 0 radical (unpaired) electrons. The van der Waals surface area contributed by atoms with Crippen LogP contribution in [0.15, 0.2) is 18.2 Å². The maximum absolute atomic E-state index is 5.44. The molecule has 0 aliphatic carbocycles. The minimum absolute atomic E-state index is 0.479. The lowest BCUT2D eigenvalue weighted by Crippen LogP contribution is -2.01. The number of unbranched alkanes of at least 4 members (excludes halogenated alkanes) is 2. The van der Waals surface area contributed by atoms with E-state index in [1.807, 2.05) is 18.2 Å². The molecular weight excluding hydrogens is 212 g/mol. The topological polar surface area (TPSA) is 18.5 Å². The first-order valence-corrected chi connectivity index (χ1v) is 6.45. The molecule has 0 aliphatic heterocycles. The number of ether oxygens (including phenoxy) is 2. The van der Waals surface area contributed by atoms with Gasteiger partial charge in [-0.05, 0) is 24.5 Å². The molecule has 0 aromatic heterocycles. The van der Waals surface area contributed by atoms with E-state index in [1.165, 1.54) is 31.2 Å². The first-order chi connectivity index (χ1) is 8.24. The number of hydrogen-bond donors (Lipinski definition) is 0. The maximum atomic E-state index is 5.44. The largest absolute Gasteiger partial charge is 0.496 e.